The van der Waals surface area contributed by atoms with Crippen LogP contribution in [0, 0.1) is 11.7 Å². The number of rotatable bonds is 7. The Morgan fingerprint density at radius 1 is 1.29 bits per heavy atom. The van der Waals surface area contributed by atoms with Crippen LogP contribution in [0.3, 0.4) is 0 Å². The van der Waals surface area contributed by atoms with Crippen LogP contribution in [0.1, 0.15) is 16.1 Å². The number of hydrogen-bond acceptors (Lipinski definition) is 7. The number of carbonyl (C=O) groups excluding carboxylic acids is 1. The van der Waals surface area contributed by atoms with Crippen molar-refractivity contribution in [3.8, 4) is 5.75 Å². The molecule has 1 fully saturated rings. The quantitative estimate of drug-likeness (QED) is 0.529. The SMILES string of the molecule is COc1ccc(CC2COCCN(C(=O)c3csc(NS(=O)(=O)c4ccccc4)n3)C2)cc1F. The number of benzene rings is 2. The third-order valence-electron chi connectivity index (χ3n) is 5.36. The molecule has 8 nitrogen and oxygen atoms in total. The van der Waals surface area contributed by atoms with Crippen LogP contribution in [0.5, 0.6) is 5.75 Å². The summed E-state index contributed by atoms with van der Waals surface area (Å²) in [5.41, 5.74) is 0.944. The van der Waals surface area contributed by atoms with E-state index in [0.29, 0.717) is 32.7 Å². The van der Waals surface area contributed by atoms with Crippen molar-refractivity contribution in [2.75, 3.05) is 38.1 Å². The lowest BCUT2D eigenvalue weighted by atomic mass is 9.99. The van der Waals surface area contributed by atoms with Crippen molar-refractivity contribution in [1.82, 2.24) is 9.88 Å². The normalized spacial score (nSPS) is 16.6. The van der Waals surface area contributed by atoms with E-state index in [2.05, 4.69) is 9.71 Å². The molecule has 1 amide bonds. The molecule has 1 aromatic heterocycles. The molecule has 1 aliphatic rings. The monoisotopic (exact) mass is 505 g/mol. The molecule has 2 aromatic carbocycles. The topological polar surface area (TPSA) is 97.8 Å². The van der Waals surface area contributed by atoms with Gasteiger partial charge >= 0.3 is 0 Å². The number of amides is 1. The van der Waals surface area contributed by atoms with Crippen molar-refractivity contribution in [3.05, 3.63) is 71.0 Å². The van der Waals surface area contributed by atoms with Gasteiger partial charge in [0.25, 0.3) is 15.9 Å². The number of hydrogen-bond donors (Lipinski definition) is 1. The lowest BCUT2D eigenvalue weighted by molar-refractivity contribution is 0.0732. The summed E-state index contributed by atoms with van der Waals surface area (Å²) in [6.45, 7) is 1.61. The van der Waals surface area contributed by atoms with Gasteiger partial charge in [0.05, 0.1) is 25.2 Å². The van der Waals surface area contributed by atoms with Gasteiger partial charge in [0.15, 0.2) is 16.7 Å². The van der Waals surface area contributed by atoms with Crippen LogP contribution in [0.4, 0.5) is 9.52 Å². The van der Waals surface area contributed by atoms with E-state index in [1.807, 2.05) is 0 Å². The van der Waals surface area contributed by atoms with Gasteiger partial charge in [0.2, 0.25) is 0 Å². The molecule has 1 atom stereocenters. The number of ether oxygens (including phenoxy) is 2. The number of aromatic nitrogens is 1. The fourth-order valence-electron chi connectivity index (χ4n) is 3.71. The highest BCUT2D eigenvalue weighted by molar-refractivity contribution is 7.93. The van der Waals surface area contributed by atoms with Gasteiger partial charge in [-0.2, -0.15) is 0 Å². The molecule has 0 spiro atoms. The number of carbonyl (C=O) groups is 1. The molecule has 1 aliphatic heterocycles. The minimum absolute atomic E-state index is 0.0334. The number of nitrogens with zero attached hydrogens (tertiary/aromatic N) is 2. The molecule has 0 bridgehead atoms. The fraction of sp³-hybridized carbons (Fsp3) is 0.304. The molecule has 4 rings (SSSR count). The van der Waals surface area contributed by atoms with Gasteiger partial charge in [-0.15, -0.1) is 11.3 Å². The van der Waals surface area contributed by atoms with E-state index < -0.39 is 15.8 Å². The van der Waals surface area contributed by atoms with Crippen molar-refractivity contribution in [1.29, 1.82) is 0 Å². The average Bonchev–Trinajstić information content (AvgIpc) is 3.16. The van der Waals surface area contributed by atoms with E-state index in [4.69, 9.17) is 9.47 Å². The molecule has 34 heavy (non-hydrogen) atoms. The maximum absolute atomic E-state index is 14.1. The minimum Gasteiger partial charge on any atom is -0.494 e. The summed E-state index contributed by atoms with van der Waals surface area (Å²) in [7, 11) is -2.38. The van der Waals surface area contributed by atoms with Crippen molar-refractivity contribution in [2.24, 2.45) is 5.92 Å². The summed E-state index contributed by atoms with van der Waals surface area (Å²) < 4.78 is 52.2. The highest BCUT2D eigenvalue weighted by atomic mass is 32.2. The Morgan fingerprint density at radius 3 is 2.82 bits per heavy atom. The molecule has 2 heterocycles. The first-order valence-corrected chi connectivity index (χ1v) is 12.9. The standard InChI is InChI=1S/C23H24FN3O5S2/c1-31-21-8-7-16(12-19(21)24)11-17-13-27(9-10-32-14-17)22(28)20-15-33-23(25-20)26-34(29,30)18-5-3-2-4-6-18/h2-8,12,15,17H,9-11,13-14H2,1H3,(H,25,26). The summed E-state index contributed by atoms with van der Waals surface area (Å²) >= 11 is 1.04. The zero-order valence-corrected chi connectivity index (χ0v) is 20.1. The third-order valence-corrected chi connectivity index (χ3v) is 7.61. The Labute approximate surface area is 201 Å². The molecule has 1 saturated heterocycles. The molecule has 1 N–H and O–H groups in total. The van der Waals surface area contributed by atoms with E-state index in [0.717, 1.165) is 16.9 Å². The summed E-state index contributed by atoms with van der Waals surface area (Å²) in [5.74, 6) is -0.595. The van der Waals surface area contributed by atoms with Crippen LogP contribution < -0.4 is 9.46 Å². The predicted molar refractivity (Wildman–Crippen MR) is 126 cm³/mol. The Bertz CT molecular complexity index is 1250. The minimum atomic E-state index is -3.79. The predicted octanol–water partition coefficient (Wildman–Crippen LogP) is 3.42. The second kappa shape index (κ2) is 10.5. The smallest absolute Gasteiger partial charge is 0.273 e. The molecule has 0 aliphatic carbocycles. The molecule has 0 saturated carbocycles. The molecular formula is C23H24FN3O5S2. The highest BCUT2D eigenvalue weighted by Crippen LogP contribution is 2.24. The summed E-state index contributed by atoms with van der Waals surface area (Å²) in [5, 5.41) is 1.65. The second-order valence-corrected chi connectivity index (χ2v) is 10.4. The molecule has 3 aromatic rings. The lowest BCUT2D eigenvalue weighted by Gasteiger charge is -2.23. The van der Waals surface area contributed by atoms with Crippen LogP contribution in [0.2, 0.25) is 0 Å². The van der Waals surface area contributed by atoms with E-state index in [1.165, 1.54) is 30.7 Å². The van der Waals surface area contributed by atoms with Crippen LogP contribution in [0.15, 0.2) is 58.8 Å². The number of nitrogens with one attached hydrogen (secondary N) is 1. The first-order valence-electron chi connectivity index (χ1n) is 10.6. The number of methoxy groups -OCH3 is 1. The van der Waals surface area contributed by atoms with Gasteiger partial charge in [0, 0.05) is 24.4 Å². The van der Waals surface area contributed by atoms with Crippen molar-refractivity contribution in [3.63, 3.8) is 0 Å². The van der Waals surface area contributed by atoms with Crippen LogP contribution >= 0.6 is 11.3 Å². The van der Waals surface area contributed by atoms with Gasteiger partial charge in [-0.25, -0.2) is 17.8 Å². The van der Waals surface area contributed by atoms with E-state index in [1.54, 1.807) is 35.2 Å². The number of halogens is 1. The van der Waals surface area contributed by atoms with E-state index >= 15 is 0 Å². The highest BCUT2D eigenvalue weighted by Gasteiger charge is 2.26. The van der Waals surface area contributed by atoms with Crippen molar-refractivity contribution >= 4 is 32.4 Å². The molecule has 0 radical (unpaired) electrons. The van der Waals surface area contributed by atoms with Crippen molar-refractivity contribution in [2.45, 2.75) is 11.3 Å². The van der Waals surface area contributed by atoms with E-state index in [-0.39, 0.29) is 33.3 Å². The van der Waals surface area contributed by atoms with Crippen LogP contribution in [-0.4, -0.2) is 57.6 Å². The second-order valence-electron chi connectivity index (χ2n) is 7.82. The van der Waals surface area contributed by atoms with Gasteiger partial charge in [-0.05, 0) is 36.2 Å². The summed E-state index contributed by atoms with van der Waals surface area (Å²) in [6.07, 6.45) is 0.532. The van der Waals surface area contributed by atoms with Gasteiger partial charge in [-0.1, -0.05) is 24.3 Å². The number of sulfonamides is 1. The Kier molecular flexibility index (Phi) is 7.44. The van der Waals surface area contributed by atoms with E-state index in [9.17, 15) is 17.6 Å². The molecule has 11 heteroatoms. The first-order chi connectivity index (χ1) is 16.4. The van der Waals surface area contributed by atoms with Crippen molar-refractivity contribution < 1.29 is 27.1 Å². The summed E-state index contributed by atoms with van der Waals surface area (Å²) in [6, 6.07) is 12.8. The number of anilines is 1. The Hall–Kier alpha value is -3.02. The Morgan fingerprint density at radius 2 is 2.09 bits per heavy atom. The van der Waals surface area contributed by atoms with Crippen LogP contribution in [-0.2, 0) is 21.2 Å². The fourth-order valence-corrected chi connectivity index (χ4v) is 5.67. The van der Waals surface area contributed by atoms with Crippen LogP contribution in [0.25, 0.3) is 0 Å². The summed E-state index contributed by atoms with van der Waals surface area (Å²) in [4.78, 5) is 19.0. The third kappa shape index (κ3) is 5.72. The average molecular weight is 506 g/mol. The zero-order chi connectivity index (χ0) is 24.1. The molecule has 180 valence electrons. The van der Waals surface area contributed by atoms with Gasteiger partial charge in [-0.3, -0.25) is 9.52 Å². The molecular weight excluding hydrogens is 481 g/mol. The van der Waals surface area contributed by atoms with Gasteiger partial charge in [0.1, 0.15) is 5.69 Å². The molecule has 1 unspecified atom stereocenters. The number of thiazole rings is 1. The lowest BCUT2D eigenvalue weighted by Crippen LogP contribution is -2.36. The maximum atomic E-state index is 14.1. The van der Waals surface area contributed by atoms with Gasteiger partial charge < -0.3 is 14.4 Å². The maximum Gasteiger partial charge on any atom is 0.273 e. The zero-order valence-electron chi connectivity index (χ0n) is 18.4. The Balaban J connectivity index is 1.43. The first kappa shape index (κ1) is 24.1. The largest absolute Gasteiger partial charge is 0.494 e.